The van der Waals surface area contributed by atoms with Gasteiger partial charge in [0.2, 0.25) is 11.7 Å². The minimum absolute atomic E-state index is 0.0538. The Kier molecular flexibility index (Phi) is 3.55. The molecule has 0 unspecified atom stereocenters. The second-order valence-corrected chi connectivity index (χ2v) is 6.09. The first-order chi connectivity index (χ1) is 10.1. The number of thiophene rings is 1. The monoisotopic (exact) mass is 305 g/mol. The molecule has 0 bridgehead atoms. The summed E-state index contributed by atoms with van der Waals surface area (Å²) in [7, 11) is 0. The van der Waals surface area contributed by atoms with E-state index in [4.69, 9.17) is 9.52 Å². The number of hydrogen-bond donors (Lipinski definition) is 1. The number of carboxylic acids is 1. The zero-order valence-electron chi connectivity index (χ0n) is 11.6. The van der Waals surface area contributed by atoms with Crippen molar-refractivity contribution >= 4 is 28.9 Å². The van der Waals surface area contributed by atoms with E-state index < -0.39 is 5.97 Å². The summed E-state index contributed by atoms with van der Waals surface area (Å²) in [5, 5.41) is 11.0. The van der Waals surface area contributed by atoms with Crippen molar-refractivity contribution in [1.82, 2.24) is 0 Å². The van der Waals surface area contributed by atoms with Crippen LogP contribution in [0.5, 0.6) is 0 Å². The fourth-order valence-electron chi connectivity index (χ4n) is 2.60. The van der Waals surface area contributed by atoms with Gasteiger partial charge in [-0.1, -0.05) is 0 Å². The van der Waals surface area contributed by atoms with Gasteiger partial charge in [-0.15, -0.1) is 11.3 Å². The maximum Gasteiger partial charge on any atom is 0.372 e. The van der Waals surface area contributed by atoms with Crippen LogP contribution < -0.4 is 4.90 Å². The number of furan rings is 1. The van der Waals surface area contributed by atoms with Crippen LogP contribution >= 0.6 is 11.3 Å². The van der Waals surface area contributed by atoms with E-state index in [9.17, 15) is 9.59 Å². The molecule has 5 nitrogen and oxygen atoms in total. The molecule has 3 heterocycles. The number of carboxylic acid groups (broad SMARTS) is 1. The summed E-state index contributed by atoms with van der Waals surface area (Å²) in [6.45, 7) is 1.97. The van der Waals surface area contributed by atoms with Gasteiger partial charge in [-0.3, -0.25) is 4.79 Å². The van der Waals surface area contributed by atoms with Crippen LogP contribution in [0, 0.1) is 6.92 Å². The van der Waals surface area contributed by atoms with Gasteiger partial charge in [0.25, 0.3) is 0 Å². The van der Waals surface area contributed by atoms with Crippen LogP contribution in [0.15, 0.2) is 21.9 Å². The average Bonchev–Trinajstić information content (AvgIpc) is 2.99. The molecule has 1 aliphatic rings. The largest absolute Gasteiger partial charge is 0.475 e. The number of fused-ring (bicyclic) bond motifs is 1. The summed E-state index contributed by atoms with van der Waals surface area (Å²) in [5.41, 5.74) is 1.50. The molecule has 0 aromatic carbocycles. The third-order valence-corrected chi connectivity index (χ3v) is 4.56. The number of hydrogen-bond acceptors (Lipinski definition) is 4. The Morgan fingerprint density at radius 3 is 3.00 bits per heavy atom. The fraction of sp³-hybridized carbons (Fsp3) is 0.333. The number of aromatic carboxylic acids is 1. The maximum atomic E-state index is 12.3. The molecule has 0 atom stereocenters. The first-order valence-corrected chi connectivity index (χ1v) is 7.63. The predicted octanol–water partition coefficient (Wildman–Crippen LogP) is 3.22. The van der Waals surface area contributed by atoms with E-state index in [1.54, 1.807) is 29.2 Å². The van der Waals surface area contributed by atoms with Crippen LogP contribution in [0.4, 0.5) is 5.69 Å². The second kappa shape index (κ2) is 5.37. The zero-order chi connectivity index (χ0) is 15.0. The van der Waals surface area contributed by atoms with Gasteiger partial charge in [-0.05, 0) is 37.3 Å². The number of amides is 1. The van der Waals surface area contributed by atoms with Gasteiger partial charge >= 0.3 is 5.97 Å². The summed E-state index contributed by atoms with van der Waals surface area (Å²) in [6.07, 6.45) is 2.26. The van der Waals surface area contributed by atoms with Gasteiger partial charge in [-0.25, -0.2) is 4.79 Å². The molecule has 0 saturated carbocycles. The number of rotatable bonds is 3. The molecule has 6 heteroatoms. The van der Waals surface area contributed by atoms with E-state index in [1.165, 1.54) is 4.88 Å². The van der Waals surface area contributed by atoms with E-state index in [-0.39, 0.29) is 18.2 Å². The average molecular weight is 305 g/mol. The fourth-order valence-corrected chi connectivity index (χ4v) is 3.52. The van der Waals surface area contributed by atoms with Crippen LogP contribution in [0.3, 0.4) is 0 Å². The standard InChI is InChI=1S/C15H15NO4S/c1-9-7-10(20-14(9)15(18)19)8-16-11-5-6-21-12(11)3-2-4-13(16)17/h5-7H,2-4,8H2,1H3,(H,18,19). The Morgan fingerprint density at radius 2 is 2.29 bits per heavy atom. The third kappa shape index (κ3) is 2.58. The number of carbonyl (C=O) groups is 2. The van der Waals surface area contributed by atoms with Crippen LogP contribution in [-0.4, -0.2) is 17.0 Å². The molecule has 0 radical (unpaired) electrons. The van der Waals surface area contributed by atoms with Crippen molar-refractivity contribution in [3.8, 4) is 0 Å². The third-order valence-electron chi connectivity index (χ3n) is 3.59. The van der Waals surface area contributed by atoms with Crippen molar-refractivity contribution in [1.29, 1.82) is 0 Å². The topological polar surface area (TPSA) is 70.8 Å². The summed E-state index contributed by atoms with van der Waals surface area (Å²) < 4.78 is 5.37. The summed E-state index contributed by atoms with van der Waals surface area (Å²) in [5.74, 6) is -0.592. The van der Waals surface area contributed by atoms with Gasteiger partial charge in [-0.2, -0.15) is 0 Å². The minimum Gasteiger partial charge on any atom is -0.475 e. The summed E-state index contributed by atoms with van der Waals surface area (Å²) >= 11 is 1.65. The Bertz CT molecular complexity index is 700. The molecule has 1 aliphatic heterocycles. The quantitative estimate of drug-likeness (QED) is 0.945. The molecule has 2 aromatic rings. The van der Waals surface area contributed by atoms with Gasteiger partial charge < -0.3 is 14.4 Å². The van der Waals surface area contributed by atoms with Crippen molar-refractivity contribution in [2.24, 2.45) is 0 Å². The van der Waals surface area contributed by atoms with Crippen molar-refractivity contribution in [3.63, 3.8) is 0 Å². The molecule has 2 aromatic heterocycles. The number of nitrogens with zero attached hydrogens (tertiary/aromatic N) is 1. The van der Waals surface area contributed by atoms with Crippen LogP contribution in [-0.2, 0) is 17.8 Å². The number of anilines is 1. The lowest BCUT2D eigenvalue weighted by atomic mass is 10.2. The lowest BCUT2D eigenvalue weighted by molar-refractivity contribution is -0.118. The highest BCUT2D eigenvalue weighted by atomic mass is 32.1. The number of carbonyl (C=O) groups excluding carboxylic acids is 1. The summed E-state index contributed by atoms with van der Waals surface area (Å²) in [6, 6.07) is 3.63. The zero-order valence-corrected chi connectivity index (χ0v) is 12.4. The van der Waals surface area contributed by atoms with E-state index >= 15 is 0 Å². The van der Waals surface area contributed by atoms with E-state index in [0.717, 1.165) is 18.5 Å². The van der Waals surface area contributed by atoms with Gasteiger partial charge in [0.05, 0.1) is 12.2 Å². The lowest BCUT2D eigenvalue weighted by Gasteiger charge is -2.19. The van der Waals surface area contributed by atoms with Crippen molar-refractivity contribution < 1.29 is 19.1 Å². The van der Waals surface area contributed by atoms with Crippen molar-refractivity contribution in [2.45, 2.75) is 32.7 Å². The number of aryl methyl sites for hydroxylation is 2. The SMILES string of the molecule is Cc1cc(CN2C(=O)CCCc3sccc32)oc1C(=O)O. The Hall–Kier alpha value is -2.08. The summed E-state index contributed by atoms with van der Waals surface area (Å²) in [4.78, 5) is 26.2. The second-order valence-electron chi connectivity index (χ2n) is 5.09. The molecule has 1 N–H and O–H groups in total. The molecule has 0 aliphatic carbocycles. The Morgan fingerprint density at radius 1 is 1.48 bits per heavy atom. The van der Waals surface area contributed by atoms with Crippen LogP contribution in [0.2, 0.25) is 0 Å². The molecular weight excluding hydrogens is 290 g/mol. The first kappa shape index (κ1) is 13.9. The van der Waals surface area contributed by atoms with Gasteiger partial charge in [0.1, 0.15) is 5.76 Å². The predicted molar refractivity (Wildman–Crippen MR) is 78.9 cm³/mol. The Labute approximate surface area is 125 Å². The normalized spacial score (nSPS) is 14.9. The van der Waals surface area contributed by atoms with E-state index in [0.29, 0.717) is 17.7 Å². The van der Waals surface area contributed by atoms with Gasteiger partial charge in [0, 0.05) is 16.9 Å². The van der Waals surface area contributed by atoms with Crippen LogP contribution in [0.25, 0.3) is 0 Å². The minimum atomic E-state index is -1.09. The maximum absolute atomic E-state index is 12.3. The highest BCUT2D eigenvalue weighted by Gasteiger charge is 2.25. The van der Waals surface area contributed by atoms with Gasteiger partial charge in [0.15, 0.2) is 0 Å². The Balaban J connectivity index is 1.92. The van der Waals surface area contributed by atoms with Crippen molar-refractivity contribution in [2.75, 3.05) is 4.90 Å². The molecular formula is C15H15NO4S. The lowest BCUT2D eigenvalue weighted by Crippen LogP contribution is -2.29. The molecule has 0 fully saturated rings. The van der Waals surface area contributed by atoms with Crippen LogP contribution in [0.1, 0.15) is 39.6 Å². The molecule has 110 valence electrons. The molecule has 3 rings (SSSR count). The highest BCUT2D eigenvalue weighted by molar-refractivity contribution is 7.10. The molecule has 1 amide bonds. The molecule has 0 spiro atoms. The highest BCUT2D eigenvalue weighted by Crippen LogP contribution is 2.33. The molecule has 21 heavy (non-hydrogen) atoms. The van der Waals surface area contributed by atoms with Crippen molar-refractivity contribution in [3.05, 3.63) is 39.5 Å². The smallest absolute Gasteiger partial charge is 0.372 e. The first-order valence-electron chi connectivity index (χ1n) is 6.75. The van der Waals surface area contributed by atoms with E-state index in [2.05, 4.69) is 0 Å². The van der Waals surface area contributed by atoms with E-state index in [1.807, 2.05) is 11.4 Å². The molecule has 0 saturated heterocycles.